The SMILES string of the molecule is c1ccc(-c2ccc(N(c3ccc(-c4ccccc4)c(-c4ccccc4)c3)c3cc(-c4ccc5ccc6ccc7ccccc7c6c5c4)cc4ccccc34)cc2)cc1. The summed E-state index contributed by atoms with van der Waals surface area (Å²) < 4.78 is 0. The van der Waals surface area contributed by atoms with E-state index >= 15 is 0 Å². The van der Waals surface area contributed by atoms with Gasteiger partial charge in [0.2, 0.25) is 0 Å². The van der Waals surface area contributed by atoms with Crippen LogP contribution in [0.2, 0.25) is 0 Å². The molecule has 0 unspecified atom stereocenters. The van der Waals surface area contributed by atoms with Crippen LogP contribution in [0.15, 0.2) is 237 Å². The van der Waals surface area contributed by atoms with Crippen molar-refractivity contribution in [3.8, 4) is 44.5 Å². The van der Waals surface area contributed by atoms with Gasteiger partial charge in [0.1, 0.15) is 0 Å². The second-order valence-corrected chi connectivity index (χ2v) is 15.3. The maximum absolute atomic E-state index is 2.45. The first-order valence-electron chi connectivity index (χ1n) is 20.3. The van der Waals surface area contributed by atoms with Crippen LogP contribution in [0.25, 0.3) is 87.6 Å². The Bertz CT molecular complexity index is 3290. The van der Waals surface area contributed by atoms with Gasteiger partial charge in [-0.25, -0.2) is 0 Å². The van der Waals surface area contributed by atoms with Crippen LogP contribution in [-0.4, -0.2) is 0 Å². The second-order valence-electron chi connectivity index (χ2n) is 15.3. The van der Waals surface area contributed by atoms with Crippen molar-refractivity contribution in [1.82, 2.24) is 0 Å². The van der Waals surface area contributed by atoms with Crippen LogP contribution >= 0.6 is 0 Å². The van der Waals surface area contributed by atoms with Crippen LogP contribution in [-0.2, 0) is 0 Å². The van der Waals surface area contributed by atoms with Crippen LogP contribution in [0, 0.1) is 0 Å². The summed E-state index contributed by atoms with van der Waals surface area (Å²) in [6, 6.07) is 86.4. The molecule has 59 heavy (non-hydrogen) atoms. The molecule has 0 fully saturated rings. The van der Waals surface area contributed by atoms with Crippen LogP contribution in [0.5, 0.6) is 0 Å². The zero-order chi connectivity index (χ0) is 39.1. The number of hydrogen-bond acceptors (Lipinski definition) is 1. The first kappa shape index (κ1) is 34.5. The Morgan fingerprint density at radius 2 is 0.746 bits per heavy atom. The highest BCUT2D eigenvalue weighted by molar-refractivity contribution is 6.20. The van der Waals surface area contributed by atoms with Crippen molar-refractivity contribution in [2.45, 2.75) is 0 Å². The molecule has 0 N–H and O–H groups in total. The molecule has 0 atom stereocenters. The molecule has 0 aromatic heterocycles. The standard InChI is InChI=1S/C58H39N/c1-4-14-40(15-5-1)41-30-32-50(33-31-41)59(51-34-35-52(42-16-6-2-7-17-42)55(39-51)43-18-8-3-9-19-43)57-38-49(36-48-21-11-12-22-53(48)57)47-29-26-45-25-28-46-27-24-44-20-10-13-23-54(44)58(46)56(45)37-47/h1-39H. The van der Waals surface area contributed by atoms with Crippen LogP contribution in [0.4, 0.5) is 17.1 Å². The van der Waals surface area contributed by atoms with Crippen LogP contribution in [0.3, 0.4) is 0 Å². The molecule has 11 aromatic carbocycles. The predicted molar refractivity (Wildman–Crippen MR) is 253 cm³/mol. The minimum atomic E-state index is 1.09. The molecule has 0 saturated carbocycles. The molecule has 0 saturated heterocycles. The van der Waals surface area contributed by atoms with E-state index in [-0.39, 0.29) is 0 Å². The van der Waals surface area contributed by atoms with Gasteiger partial charge in [-0.3, -0.25) is 0 Å². The first-order chi connectivity index (χ1) is 29.2. The average Bonchev–Trinajstić information content (AvgIpc) is 3.32. The lowest BCUT2D eigenvalue weighted by Gasteiger charge is -2.29. The van der Waals surface area contributed by atoms with E-state index in [1.54, 1.807) is 0 Å². The fourth-order valence-electron chi connectivity index (χ4n) is 8.91. The summed E-state index contributed by atoms with van der Waals surface area (Å²) in [6.07, 6.45) is 0. The molecule has 0 spiro atoms. The summed E-state index contributed by atoms with van der Waals surface area (Å²) in [5.74, 6) is 0. The molecule has 0 aliphatic carbocycles. The number of anilines is 3. The van der Waals surface area contributed by atoms with E-state index in [0.29, 0.717) is 0 Å². The van der Waals surface area contributed by atoms with Crippen LogP contribution < -0.4 is 4.90 Å². The number of nitrogens with zero attached hydrogens (tertiary/aromatic N) is 1. The number of rotatable bonds is 7. The van der Waals surface area contributed by atoms with Crippen molar-refractivity contribution >= 4 is 60.2 Å². The summed E-state index contributed by atoms with van der Waals surface area (Å²) in [6.45, 7) is 0. The molecule has 1 heteroatoms. The number of hydrogen-bond donors (Lipinski definition) is 0. The Hall–Kier alpha value is -7.74. The highest BCUT2D eigenvalue weighted by atomic mass is 15.1. The van der Waals surface area contributed by atoms with Gasteiger partial charge >= 0.3 is 0 Å². The highest BCUT2D eigenvalue weighted by Gasteiger charge is 2.20. The Morgan fingerprint density at radius 1 is 0.237 bits per heavy atom. The fraction of sp³-hybridized carbons (Fsp3) is 0. The van der Waals surface area contributed by atoms with E-state index in [0.717, 1.165) is 17.1 Å². The van der Waals surface area contributed by atoms with Gasteiger partial charge in [0, 0.05) is 16.8 Å². The maximum Gasteiger partial charge on any atom is 0.0546 e. The smallest absolute Gasteiger partial charge is 0.0546 e. The Balaban J connectivity index is 1.15. The van der Waals surface area contributed by atoms with Gasteiger partial charge < -0.3 is 4.90 Å². The minimum Gasteiger partial charge on any atom is -0.310 e. The van der Waals surface area contributed by atoms with Gasteiger partial charge in [-0.15, -0.1) is 0 Å². The van der Waals surface area contributed by atoms with Gasteiger partial charge in [-0.1, -0.05) is 194 Å². The fourth-order valence-corrected chi connectivity index (χ4v) is 8.91. The van der Waals surface area contributed by atoms with Crippen molar-refractivity contribution in [2.24, 2.45) is 0 Å². The molecular formula is C58H39N. The molecule has 0 bridgehead atoms. The zero-order valence-corrected chi connectivity index (χ0v) is 32.5. The lowest BCUT2D eigenvalue weighted by Crippen LogP contribution is -2.11. The lowest BCUT2D eigenvalue weighted by molar-refractivity contribution is 1.30. The first-order valence-corrected chi connectivity index (χ1v) is 20.3. The summed E-state index contributed by atoms with van der Waals surface area (Å²) in [7, 11) is 0. The predicted octanol–water partition coefficient (Wildman–Crippen LogP) is 16.4. The monoisotopic (exact) mass is 749 g/mol. The summed E-state index contributed by atoms with van der Waals surface area (Å²) >= 11 is 0. The van der Waals surface area contributed by atoms with Gasteiger partial charge in [0.25, 0.3) is 0 Å². The van der Waals surface area contributed by atoms with E-state index in [9.17, 15) is 0 Å². The maximum atomic E-state index is 2.45. The lowest BCUT2D eigenvalue weighted by atomic mass is 9.92. The van der Waals surface area contributed by atoms with E-state index in [1.807, 2.05) is 0 Å². The number of fused-ring (bicyclic) bond motifs is 6. The molecule has 0 amide bonds. The summed E-state index contributed by atoms with van der Waals surface area (Å²) in [5.41, 5.74) is 12.8. The van der Waals surface area contributed by atoms with Crippen molar-refractivity contribution in [1.29, 1.82) is 0 Å². The highest BCUT2D eigenvalue weighted by Crippen LogP contribution is 2.45. The third-order valence-electron chi connectivity index (χ3n) is 11.8. The molecule has 0 aliphatic heterocycles. The molecule has 0 radical (unpaired) electrons. The van der Waals surface area contributed by atoms with Gasteiger partial charge in [0.05, 0.1) is 5.69 Å². The van der Waals surface area contributed by atoms with Gasteiger partial charge in [-0.05, 0) is 125 Å². The van der Waals surface area contributed by atoms with Crippen molar-refractivity contribution in [3.63, 3.8) is 0 Å². The molecule has 11 rings (SSSR count). The normalized spacial score (nSPS) is 11.4. The summed E-state index contributed by atoms with van der Waals surface area (Å²) in [5, 5.41) is 9.99. The van der Waals surface area contributed by atoms with E-state index < -0.39 is 0 Å². The van der Waals surface area contributed by atoms with Gasteiger partial charge in [-0.2, -0.15) is 0 Å². The van der Waals surface area contributed by atoms with Crippen molar-refractivity contribution in [2.75, 3.05) is 4.90 Å². The van der Waals surface area contributed by atoms with Gasteiger partial charge in [0.15, 0.2) is 0 Å². The molecular weight excluding hydrogens is 711 g/mol. The van der Waals surface area contributed by atoms with Crippen molar-refractivity contribution < 1.29 is 0 Å². The average molecular weight is 750 g/mol. The third kappa shape index (κ3) is 6.30. The summed E-state index contributed by atoms with van der Waals surface area (Å²) in [4.78, 5) is 2.45. The molecule has 0 heterocycles. The Kier molecular flexibility index (Phi) is 8.56. The zero-order valence-electron chi connectivity index (χ0n) is 32.5. The Morgan fingerprint density at radius 3 is 1.46 bits per heavy atom. The quantitative estimate of drug-likeness (QED) is 0.147. The third-order valence-corrected chi connectivity index (χ3v) is 11.8. The second kappa shape index (κ2) is 14.6. The van der Waals surface area contributed by atoms with E-state index in [2.05, 4.69) is 241 Å². The molecule has 0 aliphatic rings. The topological polar surface area (TPSA) is 3.24 Å². The molecule has 1 nitrogen and oxygen atoms in total. The number of benzene rings is 11. The molecule has 11 aromatic rings. The Labute approximate surface area is 344 Å². The van der Waals surface area contributed by atoms with Crippen LogP contribution in [0.1, 0.15) is 0 Å². The minimum absolute atomic E-state index is 1.09. The van der Waals surface area contributed by atoms with Crippen molar-refractivity contribution in [3.05, 3.63) is 237 Å². The molecule has 276 valence electrons. The van der Waals surface area contributed by atoms with E-state index in [1.165, 1.54) is 87.6 Å². The largest absolute Gasteiger partial charge is 0.310 e. The van der Waals surface area contributed by atoms with E-state index in [4.69, 9.17) is 0 Å².